The van der Waals surface area contributed by atoms with Gasteiger partial charge in [0.1, 0.15) is 12.1 Å². The number of amides is 1. The number of halogens is 1. The SMILES string of the molecule is O=C(NC1CCN(c2nccn3ccnc23)C1)c1ncn(-c2ccc(F)cc2)n1. The van der Waals surface area contributed by atoms with Crippen LogP contribution in [-0.4, -0.2) is 54.2 Å². The number of nitrogens with zero attached hydrogens (tertiary/aromatic N) is 7. The molecule has 3 aromatic heterocycles. The minimum absolute atomic E-state index is 0.0442. The maximum Gasteiger partial charge on any atom is 0.291 e. The van der Waals surface area contributed by atoms with Crippen LogP contribution in [0.1, 0.15) is 17.0 Å². The molecule has 146 valence electrons. The Kier molecular flexibility index (Phi) is 4.15. The molecule has 29 heavy (non-hydrogen) atoms. The summed E-state index contributed by atoms with van der Waals surface area (Å²) in [4.78, 5) is 27.5. The highest BCUT2D eigenvalue weighted by molar-refractivity contribution is 5.90. The molecular weight excluding hydrogens is 375 g/mol. The Morgan fingerprint density at radius 2 is 1.90 bits per heavy atom. The average Bonchev–Trinajstić information content (AvgIpc) is 3.48. The van der Waals surface area contributed by atoms with Gasteiger partial charge >= 0.3 is 0 Å². The number of carbonyl (C=O) groups is 1. The van der Waals surface area contributed by atoms with E-state index in [2.05, 4.69) is 30.3 Å². The van der Waals surface area contributed by atoms with Crippen molar-refractivity contribution in [2.24, 2.45) is 0 Å². The van der Waals surface area contributed by atoms with Gasteiger partial charge in [0.2, 0.25) is 5.82 Å². The fraction of sp³-hybridized carbons (Fsp3) is 0.211. The predicted molar refractivity (Wildman–Crippen MR) is 102 cm³/mol. The first kappa shape index (κ1) is 17.3. The van der Waals surface area contributed by atoms with Crippen LogP contribution in [0.3, 0.4) is 0 Å². The summed E-state index contributed by atoms with van der Waals surface area (Å²) in [6, 6.07) is 5.77. The Morgan fingerprint density at radius 3 is 2.72 bits per heavy atom. The number of fused-ring (bicyclic) bond motifs is 1. The lowest BCUT2D eigenvalue weighted by molar-refractivity contribution is 0.0930. The summed E-state index contributed by atoms with van der Waals surface area (Å²) >= 11 is 0. The summed E-state index contributed by atoms with van der Waals surface area (Å²) in [5, 5.41) is 7.17. The highest BCUT2D eigenvalue weighted by Crippen LogP contribution is 2.22. The van der Waals surface area contributed by atoms with E-state index in [0.29, 0.717) is 12.2 Å². The van der Waals surface area contributed by atoms with Crippen molar-refractivity contribution < 1.29 is 9.18 Å². The Hall–Kier alpha value is -3.82. The monoisotopic (exact) mass is 392 g/mol. The van der Waals surface area contributed by atoms with E-state index in [4.69, 9.17) is 0 Å². The van der Waals surface area contributed by atoms with Crippen LogP contribution in [0.4, 0.5) is 10.2 Å². The number of aromatic nitrogens is 6. The van der Waals surface area contributed by atoms with Gasteiger partial charge in [-0.2, -0.15) is 0 Å². The van der Waals surface area contributed by atoms with Gasteiger partial charge < -0.3 is 14.6 Å². The number of hydrogen-bond donors (Lipinski definition) is 1. The number of rotatable bonds is 4. The van der Waals surface area contributed by atoms with Crippen molar-refractivity contribution in [1.29, 1.82) is 0 Å². The van der Waals surface area contributed by atoms with Crippen molar-refractivity contribution in [2.75, 3.05) is 18.0 Å². The Balaban J connectivity index is 1.26. The summed E-state index contributed by atoms with van der Waals surface area (Å²) in [6.07, 6.45) is 9.42. The average molecular weight is 392 g/mol. The highest BCUT2D eigenvalue weighted by Gasteiger charge is 2.27. The maximum atomic E-state index is 13.1. The van der Waals surface area contributed by atoms with Crippen molar-refractivity contribution in [3.8, 4) is 5.69 Å². The minimum atomic E-state index is -0.343. The molecule has 0 spiro atoms. The molecule has 1 N–H and O–H groups in total. The van der Waals surface area contributed by atoms with Gasteiger partial charge in [0.15, 0.2) is 11.5 Å². The van der Waals surface area contributed by atoms with E-state index >= 15 is 0 Å². The van der Waals surface area contributed by atoms with Gasteiger partial charge in [-0.3, -0.25) is 4.79 Å². The Bertz CT molecular complexity index is 1170. The zero-order valence-corrected chi connectivity index (χ0v) is 15.3. The summed E-state index contributed by atoms with van der Waals surface area (Å²) in [5.41, 5.74) is 1.42. The highest BCUT2D eigenvalue weighted by atomic mass is 19.1. The third kappa shape index (κ3) is 3.28. The van der Waals surface area contributed by atoms with Crippen LogP contribution in [0.25, 0.3) is 11.3 Å². The molecule has 5 rings (SSSR count). The molecule has 0 saturated carbocycles. The van der Waals surface area contributed by atoms with Crippen molar-refractivity contribution in [3.63, 3.8) is 0 Å². The molecule has 1 atom stereocenters. The maximum absolute atomic E-state index is 13.1. The van der Waals surface area contributed by atoms with E-state index in [1.165, 1.54) is 23.1 Å². The fourth-order valence-corrected chi connectivity index (χ4v) is 3.47. The molecule has 9 nitrogen and oxygen atoms in total. The molecule has 4 aromatic rings. The van der Waals surface area contributed by atoms with E-state index in [0.717, 1.165) is 24.4 Å². The fourth-order valence-electron chi connectivity index (χ4n) is 3.47. The largest absolute Gasteiger partial charge is 0.351 e. The summed E-state index contributed by atoms with van der Waals surface area (Å²) in [7, 11) is 0. The van der Waals surface area contributed by atoms with Gasteiger partial charge in [-0.1, -0.05) is 0 Å². The van der Waals surface area contributed by atoms with Crippen LogP contribution in [0.5, 0.6) is 0 Å². The van der Waals surface area contributed by atoms with Crippen LogP contribution >= 0.6 is 0 Å². The van der Waals surface area contributed by atoms with Crippen molar-refractivity contribution in [3.05, 3.63) is 67.0 Å². The molecule has 1 aliphatic rings. The molecule has 4 heterocycles. The van der Waals surface area contributed by atoms with Gasteiger partial charge in [-0.15, -0.1) is 5.10 Å². The van der Waals surface area contributed by atoms with E-state index in [-0.39, 0.29) is 23.6 Å². The molecule has 1 aromatic carbocycles. The molecular formula is C19H17FN8O. The van der Waals surface area contributed by atoms with Gasteiger partial charge in [-0.25, -0.2) is 24.0 Å². The molecule has 0 bridgehead atoms. The van der Waals surface area contributed by atoms with Crippen LogP contribution in [0.15, 0.2) is 55.4 Å². The topological polar surface area (TPSA) is 93.2 Å². The lowest BCUT2D eigenvalue weighted by Gasteiger charge is -2.18. The Morgan fingerprint density at radius 1 is 1.10 bits per heavy atom. The minimum Gasteiger partial charge on any atom is -0.351 e. The summed E-state index contributed by atoms with van der Waals surface area (Å²) in [6.45, 7) is 1.39. The molecule has 10 heteroatoms. The van der Waals surface area contributed by atoms with Gasteiger partial charge in [0.05, 0.1) is 5.69 Å². The third-order valence-corrected chi connectivity index (χ3v) is 4.90. The number of hydrogen-bond acceptors (Lipinski definition) is 6. The zero-order valence-electron chi connectivity index (χ0n) is 15.3. The van der Waals surface area contributed by atoms with E-state index in [9.17, 15) is 9.18 Å². The number of imidazole rings is 1. The van der Waals surface area contributed by atoms with Crippen molar-refractivity contribution >= 4 is 17.4 Å². The summed E-state index contributed by atoms with van der Waals surface area (Å²) in [5.74, 6) is 0.192. The lowest BCUT2D eigenvalue weighted by atomic mass is 10.2. The lowest BCUT2D eigenvalue weighted by Crippen LogP contribution is -2.37. The summed E-state index contributed by atoms with van der Waals surface area (Å²) < 4.78 is 16.4. The third-order valence-electron chi connectivity index (χ3n) is 4.90. The van der Waals surface area contributed by atoms with E-state index in [1.807, 2.05) is 16.8 Å². The Labute approximate surface area is 164 Å². The van der Waals surface area contributed by atoms with Crippen LogP contribution in [-0.2, 0) is 0 Å². The normalized spacial score (nSPS) is 16.4. The zero-order chi connectivity index (χ0) is 19.8. The van der Waals surface area contributed by atoms with Crippen molar-refractivity contribution in [2.45, 2.75) is 12.5 Å². The number of nitrogens with one attached hydrogen (secondary N) is 1. The molecule has 1 fully saturated rings. The number of carbonyl (C=O) groups excluding carboxylic acids is 1. The van der Waals surface area contributed by atoms with Gasteiger partial charge in [-0.05, 0) is 30.7 Å². The molecule has 1 amide bonds. The van der Waals surface area contributed by atoms with Crippen LogP contribution < -0.4 is 10.2 Å². The van der Waals surface area contributed by atoms with Crippen LogP contribution in [0.2, 0.25) is 0 Å². The van der Waals surface area contributed by atoms with E-state index < -0.39 is 0 Å². The quantitative estimate of drug-likeness (QED) is 0.565. The van der Waals surface area contributed by atoms with Gasteiger partial charge in [0.25, 0.3) is 5.91 Å². The second-order valence-corrected chi connectivity index (χ2v) is 6.80. The molecule has 1 aliphatic heterocycles. The molecule has 0 radical (unpaired) electrons. The van der Waals surface area contributed by atoms with E-state index in [1.54, 1.807) is 24.5 Å². The first-order valence-corrected chi connectivity index (χ1v) is 9.18. The van der Waals surface area contributed by atoms with Gasteiger partial charge in [0, 0.05) is 43.9 Å². The smallest absolute Gasteiger partial charge is 0.291 e. The first-order valence-electron chi connectivity index (χ1n) is 9.18. The standard InChI is InChI=1S/C19H17FN8O/c20-13-1-3-15(4-2-13)28-12-23-16(25-28)19(29)24-14-5-8-27(11-14)18-17-21-6-9-26(17)10-7-22-18/h1-4,6-7,9-10,12,14H,5,8,11H2,(H,24,29). The molecule has 1 saturated heterocycles. The van der Waals surface area contributed by atoms with Crippen molar-refractivity contribution in [1.82, 2.24) is 34.4 Å². The molecule has 0 aliphatic carbocycles. The predicted octanol–water partition coefficient (Wildman–Crippen LogP) is 1.46. The van der Waals surface area contributed by atoms with Crippen LogP contribution in [0, 0.1) is 5.82 Å². The second kappa shape index (κ2) is 6.97. The number of anilines is 1. The number of benzene rings is 1. The second-order valence-electron chi connectivity index (χ2n) is 6.80. The molecule has 1 unspecified atom stereocenters. The first-order chi connectivity index (χ1) is 14.2.